The van der Waals surface area contributed by atoms with E-state index in [4.69, 9.17) is 24.5 Å². The van der Waals surface area contributed by atoms with Crippen molar-refractivity contribution in [3.05, 3.63) is 46.3 Å². The monoisotopic (exact) mass is 363 g/mol. The molecule has 140 valence electrons. The van der Waals surface area contributed by atoms with Crippen molar-refractivity contribution in [2.45, 2.75) is 50.1 Å². The van der Waals surface area contributed by atoms with Crippen LogP contribution in [0.3, 0.4) is 0 Å². The van der Waals surface area contributed by atoms with E-state index >= 15 is 0 Å². The Morgan fingerprint density at radius 3 is 2.85 bits per heavy atom. The predicted octanol–water partition coefficient (Wildman–Crippen LogP) is 1.86. The molecular formula is C17H21N3O6. The van der Waals surface area contributed by atoms with Crippen molar-refractivity contribution in [2.24, 2.45) is 5.11 Å². The number of esters is 1. The zero-order valence-electron chi connectivity index (χ0n) is 14.3. The lowest BCUT2D eigenvalue weighted by molar-refractivity contribution is -0.307. The molecule has 6 atom stereocenters. The van der Waals surface area contributed by atoms with Crippen molar-refractivity contribution in [2.75, 3.05) is 13.2 Å². The van der Waals surface area contributed by atoms with E-state index in [0.717, 1.165) is 5.56 Å². The highest BCUT2D eigenvalue weighted by atomic mass is 16.7. The van der Waals surface area contributed by atoms with Gasteiger partial charge in [-0.15, -0.1) is 0 Å². The summed E-state index contributed by atoms with van der Waals surface area (Å²) in [5.74, 6) is -0.491. The Hall–Kier alpha value is -2.16. The van der Waals surface area contributed by atoms with Gasteiger partial charge < -0.3 is 24.1 Å². The maximum absolute atomic E-state index is 11.7. The fourth-order valence-electron chi connectivity index (χ4n) is 3.21. The average molecular weight is 363 g/mol. The third-order valence-electron chi connectivity index (χ3n) is 4.41. The van der Waals surface area contributed by atoms with Crippen molar-refractivity contribution in [1.82, 2.24) is 0 Å². The SMILES string of the molecule is CCOC(=O)C[C@H]1O[C@@H]2CO[C@@H](c3ccccc3)O[C@H]2[C@@H](N=[N+]=[N-])[C@@H]1O. The second-order valence-corrected chi connectivity index (χ2v) is 6.08. The number of fused-ring (bicyclic) bond motifs is 1. The molecular weight excluding hydrogens is 342 g/mol. The van der Waals surface area contributed by atoms with Gasteiger partial charge in [-0.05, 0) is 12.5 Å². The van der Waals surface area contributed by atoms with Crippen LogP contribution in [0.1, 0.15) is 25.2 Å². The molecule has 0 aliphatic carbocycles. The molecule has 2 saturated heterocycles. The van der Waals surface area contributed by atoms with Crippen molar-refractivity contribution in [3.8, 4) is 0 Å². The first-order chi connectivity index (χ1) is 12.6. The van der Waals surface area contributed by atoms with E-state index in [0.29, 0.717) is 0 Å². The van der Waals surface area contributed by atoms with E-state index in [-0.39, 0.29) is 19.6 Å². The van der Waals surface area contributed by atoms with Gasteiger partial charge in [0.05, 0.1) is 37.9 Å². The highest BCUT2D eigenvalue weighted by Gasteiger charge is 2.49. The second kappa shape index (κ2) is 8.48. The number of carbonyl (C=O) groups is 1. The van der Waals surface area contributed by atoms with Crippen LogP contribution in [0, 0.1) is 0 Å². The van der Waals surface area contributed by atoms with Gasteiger partial charge in [0, 0.05) is 10.5 Å². The van der Waals surface area contributed by atoms with E-state index in [1.54, 1.807) is 6.92 Å². The fraction of sp³-hybridized carbons (Fsp3) is 0.588. The van der Waals surface area contributed by atoms with Gasteiger partial charge in [-0.3, -0.25) is 4.79 Å². The molecule has 26 heavy (non-hydrogen) atoms. The zero-order chi connectivity index (χ0) is 18.5. The highest BCUT2D eigenvalue weighted by molar-refractivity contribution is 5.70. The average Bonchev–Trinajstić information content (AvgIpc) is 2.66. The molecule has 0 bridgehead atoms. The number of benzene rings is 1. The standard InChI is InChI=1S/C17H21N3O6/c1-2-23-13(21)8-11-15(22)14(19-20-18)16-12(25-11)9-24-17(26-16)10-6-4-3-5-7-10/h3-7,11-12,14-17,22H,2,8-9H2,1H3/t11-,12-,14+,15-,16-,17-/m1/s1. The van der Waals surface area contributed by atoms with Gasteiger partial charge in [-0.2, -0.15) is 0 Å². The third kappa shape index (κ3) is 3.98. The summed E-state index contributed by atoms with van der Waals surface area (Å²) < 4.78 is 22.3. The van der Waals surface area contributed by atoms with Gasteiger partial charge in [0.25, 0.3) is 0 Å². The van der Waals surface area contributed by atoms with E-state index in [1.807, 2.05) is 30.3 Å². The first kappa shape index (κ1) is 18.6. The van der Waals surface area contributed by atoms with E-state index < -0.39 is 42.7 Å². The molecule has 0 unspecified atom stereocenters. The summed E-state index contributed by atoms with van der Waals surface area (Å²) in [7, 11) is 0. The number of ether oxygens (including phenoxy) is 4. The summed E-state index contributed by atoms with van der Waals surface area (Å²) in [6.07, 6.45) is -4.08. The van der Waals surface area contributed by atoms with Crippen LogP contribution in [0.5, 0.6) is 0 Å². The number of hydrogen-bond donors (Lipinski definition) is 1. The number of aliphatic hydroxyl groups is 1. The summed E-state index contributed by atoms with van der Waals surface area (Å²) >= 11 is 0. The topological polar surface area (TPSA) is 123 Å². The van der Waals surface area contributed by atoms with Crippen LogP contribution in [-0.4, -0.2) is 54.7 Å². The van der Waals surface area contributed by atoms with Crippen molar-refractivity contribution >= 4 is 5.97 Å². The smallest absolute Gasteiger partial charge is 0.308 e. The van der Waals surface area contributed by atoms with Gasteiger partial charge in [0.2, 0.25) is 0 Å². The second-order valence-electron chi connectivity index (χ2n) is 6.08. The molecule has 1 aromatic carbocycles. The minimum absolute atomic E-state index is 0.141. The van der Waals surface area contributed by atoms with E-state index in [1.165, 1.54) is 0 Å². The number of carbonyl (C=O) groups excluding carboxylic acids is 1. The molecule has 0 radical (unpaired) electrons. The predicted molar refractivity (Wildman–Crippen MR) is 88.9 cm³/mol. The van der Waals surface area contributed by atoms with Crippen LogP contribution in [-0.2, 0) is 23.7 Å². The lowest BCUT2D eigenvalue weighted by Gasteiger charge is -2.46. The lowest BCUT2D eigenvalue weighted by Crippen LogP contribution is -2.61. The molecule has 1 N–H and O–H groups in total. The van der Waals surface area contributed by atoms with Crippen LogP contribution in [0.2, 0.25) is 0 Å². The third-order valence-corrected chi connectivity index (χ3v) is 4.41. The van der Waals surface area contributed by atoms with Crippen molar-refractivity contribution in [3.63, 3.8) is 0 Å². The Kier molecular flexibility index (Phi) is 6.08. The van der Waals surface area contributed by atoms with Crippen LogP contribution in [0.25, 0.3) is 10.4 Å². The van der Waals surface area contributed by atoms with Gasteiger partial charge in [-0.25, -0.2) is 0 Å². The van der Waals surface area contributed by atoms with Gasteiger partial charge in [0.15, 0.2) is 6.29 Å². The summed E-state index contributed by atoms with van der Waals surface area (Å²) in [6.45, 7) is 2.12. The molecule has 3 rings (SSSR count). The molecule has 0 spiro atoms. The minimum atomic E-state index is -1.19. The lowest BCUT2D eigenvalue weighted by atomic mass is 9.91. The number of azide groups is 1. The molecule has 1 aromatic rings. The quantitative estimate of drug-likeness (QED) is 0.369. The fourth-order valence-corrected chi connectivity index (χ4v) is 3.21. The molecule has 9 heteroatoms. The summed E-state index contributed by atoms with van der Waals surface area (Å²) in [5.41, 5.74) is 9.70. The van der Waals surface area contributed by atoms with Gasteiger partial charge >= 0.3 is 5.97 Å². The van der Waals surface area contributed by atoms with Crippen LogP contribution < -0.4 is 0 Å². The molecule has 0 aromatic heterocycles. The Balaban J connectivity index is 1.76. The molecule has 2 heterocycles. The largest absolute Gasteiger partial charge is 0.466 e. The Morgan fingerprint density at radius 1 is 1.38 bits per heavy atom. The number of aliphatic hydroxyl groups excluding tert-OH is 1. The van der Waals surface area contributed by atoms with Gasteiger partial charge in [0.1, 0.15) is 12.2 Å². The minimum Gasteiger partial charge on any atom is -0.466 e. The Bertz CT molecular complexity index is 666. The number of nitrogens with zero attached hydrogens (tertiary/aromatic N) is 3. The number of hydrogen-bond acceptors (Lipinski definition) is 7. The van der Waals surface area contributed by atoms with E-state index in [9.17, 15) is 9.90 Å². The molecule has 2 aliphatic rings. The maximum atomic E-state index is 11.7. The first-order valence-corrected chi connectivity index (χ1v) is 8.49. The molecule has 0 saturated carbocycles. The molecule has 0 amide bonds. The summed E-state index contributed by atoms with van der Waals surface area (Å²) in [5, 5.41) is 14.3. The first-order valence-electron chi connectivity index (χ1n) is 8.49. The Morgan fingerprint density at radius 2 is 2.15 bits per heavy atom. The molecule has 2 aliphatic heterocycles. The summed E-state index contributed by atoms with van der Waals surface area (Å²) in [4.78, 5) is 14.6. The van der Waals surface area contributed by atoms with Crippen LogP contribution in [0.15, 0.2) is 35.4 Å². The van der Waals surface area contributed by atoms with Crippen molar-refractivity contribution < 1.29 is 28.8 Å². The molecule has 2 fully saturated rings. The summed E-state index contributed by atoms with van der Waals surface area (Å²) in [6, 6.07) is 8.43. The highest BCUT2D eigenvalue weighted by Crippen LogP contribution is 2.36. The van der Waals surface area contributed by atoms with Crippen LogP contribution >= 0.6 is 0 Å². The van der Waals surface area contributed by atoms with E-state index in [2.05, 4.69) is 10.0 Å². The Labute approximate surface area is 150 Å². The number of rotatable bonds is 5. The normalized spacial score (nSPS) is 33.6. The maximum Gasteiger partial charge on any atom is 0.308 e. The van der Waals surface area contributed by atoms with Gasteiger partial charge in [-0.1, -0.05) is 35.4 Å². The zero-order valence-corrected chi connectivity index (χ0v) is 14.3. The molecule has 9 nitrogen and oxygen atoms in total. The van der Waals surface area contributed by atoms with Crippen LogP contribution in [0.4, 0.5) is 0 Å². The van der Waals surface area contributed by atoms with Crippen molar-refractivity contribution in [1.29, 1.82) is 0 Å².